The molecule has 0 saturated carbocycles. The van der Waals surface area contributed by atoms with Gasteiger partial charge in [-0.15, -0.1) is 0 Å². The summed E-state index contributed by atoms with van der Waals surface area (Å²) < 4.78 is 1.87. The standard InChI is InChI=1S/C13H11N5O/c1-7-15-11(6-14)12(18(7)2)8-3-4-9-10(5-8)17-13(19)16-9/h3-5H,1-2H3,(H2,16,17,19). The summed E-state index contributed by atoms with van der Waals surface area (Å²) in [4.78, 5) is 20.9. The fraction of sp³-hybridized carbons (Fsp3) is 0.154. The first kappa shape index (κ1) is 11.3. The summed E-state index contributed by atoms with van der Waals surface area (Å²) in [7, 11) is 1.86. The molecule has 3 rings (SSSR count). The minimum Gasteiger partial charge on any atom is -0.330 e. The molecular formula is C13H11N5O. The molecule has 94 valence electrons. The number of benzene rings is 1. The first-order valence-electron chi connectivity index (χ1n) is 5.76. The fourth-order valence-corrected chi connectivity index (χ4v) is 2.20. The van der Waals surface area contributed by atoms with Gasteiger partial charge in [-0.05, 0) is 19.1 Å². The first-order chi connectivity index (χ1) is 9.10. The molecule has 0 atom stereocenters. The van der Waals surface area contributed by atoms with Gasteiger partial charge in [0.1, 0.15) is 11.9 Å². The Morgan fingerprint density at radius 3 is 2.79 bits per heavy atom. The highest BCUT2D eigenvalue weighted by molar-refractivity contribution is 5.81. The van der Waals surface area contributed by atoms with Crippen LogP contribution in [0.5, 0.6) is 0 Å². The van der Waals surface area contributed by atoms with Gasteiger partial charge < -0.3 is 14.5 Å². The van der Waals surface area contributed by atoms with Gasteiger partial charge in [0.2, 0.25) is 0 Å². The van der Waals surface area contributed by atoms with E-state index in [1.54, 1.807) is 0 Å². The number of nitrogens with one attached hydrogen (secondary N) is 2. The van der Waals surface area contributed by atoms with Crippen molar-refractivity contribution in [2.45, 2.75) is 6.92 Å². The SMILES string of the molecule is Cc1nc(C#N)c(-c2ccc3[nH]c(=O)[nH]c3c2)n1C. The number of imidazole rings is 2. The Bertz CT molecular complexity index is 875. The summed E-state index contributed by atoms with van der Waals surface area (Å²) in [5, 5.41) is 9.15. The zero-order chi connectivity index (χ0) is 13.6. The molecule has 0 spiro atoms. The number of aromatic nitrogens is 4. The van der Waals surface area contributed by atoms with Gasteiger partial charge in [-0.3, -0.25) is 0 Å². The molecule has 0 aliphatic carbocycles. The molecule has 0 amide bonds. The van der Waals surface area contributed by atoms with E-state index in [9.17, 15) is 4.79 Å². The second-order valence-electron chi connectivity index (χ2n) is 4.37. The van der Waals surface area contributed by atoms with Gasteiger partial charge in [0.05, 0.1) is 16.7 Å². The maximum absolute atomic E-state index is 11.2. The molecule has 0 aliphatic heterocycles. The number of aryl methyl sites for hydroxylation is 1. The van der Waals surface area contributed by atoms with Crippen LogP contribution in [0.25, 0.3) is 22.3 Å². The van der Waals surface area contributed by atoms with E-state index in [1.165, 1.54) is 0 Å². The van der Waals surface area contributed by atoms with Gasteiger partial charge in [-0.2, -0.15) is 5.26 Å². The van der Waals surface area contributed by atoms with E-state index in [-0.39, 0.29) is 5.69 Å². The van der Waals surface area contributed by atoms with Crippen molar-refractivity contribution in [3.05, 3.63) is 40.2 Å². The van der Waals surface area contributed by atoms with Crippen molar-refractivity contribution in [3.8, 4) is 17.3 Å². The average molecular weight is 253 g/mol. The Balaban J connectivity index is 2.30. The Morgan fingerprint density at radius 2 is 2.05 bits per heavy atom. The number of hydrogen-bond donors (Lipinski definition) is 2. The molecule has 3 aromatic rings. The van der Waals surface area contributed by atoms with Crippen LogP contribution in [0.2, 0.25) is 0 Å². The third-order valence-electron chi connectivity index (χ3n) is 3.21. The van der Waals surface area contributed by atoms with E-state index in [2.05, 4.69) is 21.0 Å². The topological polar surface area (TPSA) is 90.3 Å². The van der Waals surface area contributed by atoms with Crippen LogP contribution in [-0.4, -0.2) is 19.5 Å². The summed E-state index contributed by atoms with van der Waals surface area (Å²) >= 11 is 0. The van der Waals surface area contributed by atoms with Crippen molar-refractivity contribution >= 4 is 11.0 Å². The Morgan fingerprint density at radius 1 is 1.32 bits per heavy atom. The number of fused-ring (bicyclic) bond motifs is 1. The molecular weight excluding hydrogens is 242 g/mol. The second kappa shape index (κ2) is 3.85. The van der Waals surface area contributed by atoms with Crippen LogP contribution in [0, 0.1) is 18.3 Å². The van der Waals surface area contributed by atoms with E-state index < -0.39 is 0 Å². The quantitative estimate of drug-likeness (QED) is 0.687. The molecule has 0 aliphatic rings. The third kappa shape index (κ3) is 1.64. The number of nitriles is 1. The van der Waals surface area contributed by atoms with Gasteiger partial charge in [0, 0.05) is 12.6 Å². The number of H-pyrrole nitrogens is 2. The molecule has 19 heavy (non-hydrogen) atoms. The van der Waals surface area contributed by atoms with Crippen molar-refractivity contribution in [2.24, 2.45) is 7.05 Å². The maximum atomic E-state index is 11.2. The lowest BCUT2D eigenvalue weighted by molar-refractivity contribution is 0.865. The minimum atomic E-state index is -0.242. The fourth-order valence-electron chi connectivity index (χ4n) is 2.20. The smallest absolute Gasteiger partial charge is 0.323 e. The summed E-state index contributed by atoms with van der Waals surface area (Å²) in [6, 6.07) is 7.61. The summed E-state index contributed by atoms with van der Waals surface area (Å²) in [6.07, 6.45) is 0. The van der Waals surface area contributed by atoms with Crippen molar-refractivity contribution in [1.82, 2.24) is 19.5 Å². The van der Waals surface area contributed by atoms with E-state index in [4.69, 9.17) is 5.26 Å². The van der Waals surface area contributed by atoms with Gasteiger partial charge in [-0.1, -0.05) is 6.07 Å². The monoisotopic (exact) mass is 253 g/mol. The Hall–Kier alpha value is -2.81. The summed E-state index contributed by atoms with van der Waals surface area (Å²) in [6.45, 7) is 1.85. The summed E-state index contributed by atoms with van der Waals surface area (Å²) in [5.41, 5.74) is 3.20. The van der Waals surface area contributed by atoms with Crippen molar-refractivity contribution in [2.75, 3.05) is 0 Å². The number of nitrogens with zero attached hydrogens (tertiary/aromatic N) is 3. The largest absolute Gasteiger partial charge is 0.330 e. The molecule has 2 heterocycles. The number of rotatable bonds is 1. The van der Waals surface area contributed by atoms with Crippen LogP contribution in [0.15, 0.2) is 23.0 Å². The lowest BCUT2D eigenvalue weighted by atomic mass is 10.1. The molecule has 0 bridgehead atoms. The normalized spacial score (nSPS) is 10.8. The Labute approximate surface area is 108 Å². The van der Waals surface area contributed by atoms with Crippen LogP contribution in [0.4, 0.5) is 0 Å². The molecule has 0 radical (unpaired) electrons. The molecule has 1 aromatic carbocycles. The van der Waals surface area contributed by atoms with E-state index in [0.717, 1.165) is 22.6 Å². The van der Waals surface area contributed by atoms with Gasteiger partial charge in [-0.25, -0.2) is 9.78 Å². The zero-order valence-electron chi connectivity index (χ0n) is 10.5. The molecule has 6 nitrogen and oxygen atoms in total. The van der Waals surface area contributed by atoms with E-state index in [1.807, 2.05) is 36.7 Å². The van der Waals surface area contributed by atoms with Crippen LogP contribution in [0.3, 0.4) is 0 Å². The minimum absolute atomic E-state index is 0.242. The lowest BCUT2D eigenvalue weighted by Crippen LogP contribution is -1.99. The molecule has 0 fully saturated rings. The molecule has 0 unspecified atom stereocenters. The van der Waals surface area contributed by atoms with Gasteiger partial charge in [0.25, 0.3) is 0 Å². The number of hydrogen-bond acceptors (Lipinski definition) is 3. The number of aromatic amines is 2. The predicted molar refractivity (Wildman–Crippen MR) is 70.6 cm³/mol. The van der Waals surface area contributed by atoms with Gasteiger partial charge >= 0.3 is 5.69 Å². The van der Waals surface area contributed by atoms with Crippen molar-refractivity contribution in [3.63, 3.8) is 0 Å². The highest BCUT2D eigenvalue weighted by Gasteiger charge is 2.14. The average Bonchev–Trinajstić information content (AvgIpc) is 2.88. The highest BCUT2D eigenvalue weighted by Crippen LogP contribution is 2.25. The highest BCUT2D eigenvalue weighted by atomic mass is 16.1. The third-order valence-corrected chi connectivity index (χ3v) is 3.21. The van der Waals surface area contributed by atoms with Crippen molar-refractivity contribution < 1.29 is 0 Å². The van der Waals surface area contributed by atoms with Gasteiger partial charge in [0.15, 0.2) is 5.69 Å². The van der Waals surface area contributed by atoms with E-state index >= 15 is 0 Å². The Kier molecular flexibility index (Phi) is 2.29. The zero-order valence-corrected chi connectivity index (χ0v) is 10.5. The summed E-state index contributed by atoms with van der Waals surface area (Å²) in [5.74, 6) is 0.772. The maximum Gasteiger partial charge on any atom is 0.323 e. The van der Waals surface area contributed by atoms with Crippen LogP contribution >= 0.6 is 0 Å². The molecule has 6 heteroatoms. The van der Waals surface area contributed by atoms with Crippen molar-refractivity contribution in [1.29, 1.82) is 5.26 Å². The molecule has 2 aromatic heterocycles. The lowest BCUT2D eigenvalue weighted by Gasteiger charge is -2.04. The van der Waals surface area contributed by atoms with Crippen LogP contribution in [0.1, 0.15) is 11.5 Å². The molecule has 0 saturated heterocycles. The predicted octanol–water partition coefficient (Wildman–Crippen LogP) is 1.44. The van der Waals surface area contributed by atoms with E-state index in [0.29, 0.717) is 11.2 Å². The second-order valence-corrected chi connectivity index (χ2v) is 4.37. The molecule has 2 N–H and O–H groups in total. The first-order valence-corrected chi connectivity index (χ1v) is 5.76. The van der Waals surface area contributed by atoms with Crippen LogP contribution < -0.4 is 5.69 Å². The van der Waals surface area contributed by atoms with Crippen LogP contribution in [-0.2, 0) is 7.05 Å².